The Bertz CT molecular complexity index is 125. The Morgan fingerprint density at radius 3 is 2.29 bits per heavy atom. The number of thioether (sulfide) groups is 1. The molecule has 0 aromatic carbocycles. The summed E-state index contributed by atoms with van der Waals surface area (Å²) in [7, 11) is 2.09. The molecule has 0 aliphatic heterocycles. The normalized spacial score (nSPS) is 15.9. The average molecular weight is 217 g/mol. The van der Waals surface area contributed by atoms with Gasteiger partial charge in [-0.05, 0) is 24.6 Å². The van der Waals surface area contributed by atoms with Crippen LogP contribution in [0.2, 0.25) is 0 Å². The monoisotopic (exact) mass is 217 g/mol. The molecule has 0 radical (unpaired) electrons. The van der Waals surface area contributed by atoms with E-state index in [0.717, 1.165) is 11.2 Å². The van der Waals surface area contributed by atoms with E-state index in [4.69, 9.17) is 0 Å². The third-order valence-corrected chi connectivity index (χ3v) is 3.77. The van der Waals surface area contributed by atoms with Crippen LogP contribution in [-0.4, -0.2) is 24.1 Å². The van der Waals surface area contributed by atoms with Gasteiger partial charge in [-0.25, -0.2) is 0 Å². The molecule has 86 valence electrons. The lowest BCUT2D eigenvalue weighted by Crippen LogP contribution is -2.30. The molecule has 0 amide bonds. The van der Waals surface area contributed by atoms with E-state index in [9.17, 15) is 0 Å². The van der Waals surface area contributed by atoms with Crippen LogP contribution >= 0.6 is 11.8 Å². The van der Waals surface area contributed by atoms with Crippen molar-refractivity contribution in [2.45, 2.75) is 58.2 Å². The first kappa shape index (κ1) is 14.3. The van der Waals surface area contributed by atoms with Gasteiger partial charge in [0.25, 0.3) is 0 Å². The molecule has 2 heteroatoms. The molecule has 0 fully saturated rings. The van der Waals surface area contributed by atoms with Gasteiger partial charge in [-0.2, -0.15) is 11.8 Å². The van der Waals surface area contributed by atoms with E-state index in [1.54, 1.807) is 0 Å². The maximum atomic E-state index is 3.43. The van der Waals surface area contributed by atoms with Crippen molar-refractivity contribution in [1.29, 1.82) is 0 Å². The second kappa shape index (κ2) is 8.60. The summed E-state index contributed by atoms with van der Waals surface area (Å²) in [4.78, 5) is 0. The Labute approximate surface area is 94.4 Å². The molecule has 2 atom stereocenters. The standard InChI is InChI=1S/C12H27NS/c1-6-7-11(4)8-12(13-5)9-14-10(2)3/h10-13H,6-9H2,1-5H3. The highest BCUT2D eigenvalue weighted by Gasteiger charge is 2.11. The van der Waals surface area contributed by atoms with E-state index < -0.39 is 0 Å². The van der Waals surface area contributed by atoms with E-state index in [1.165, 1.54) is 25.0 Å². The first-order valence-corrected chi connectivity index (χ1v) is 6.93. The molecule has 0 aliphatic carbocycles. The summed E-state index contributed by atoms with van der Waals surface area (Å²) in [6.45, 7) is 9.18. The summed E-state index contributed by atoms with van der Waals surface area (Å²) in [5.41, 5.74) is 0. The van der Waals surface area contributed by atoms with Gasteiger partial charge in [0, 0.05) is 11.8 Å². The summed E-state index contributed by atoms with van der Waals surface area (Å²) >= 11 is 2.06. The number of hydrogen-bond donors (Lipinski definition) is 1. The lowest BCUT2D eigenvalue weighted by atomic mass is 9.98. The Kier molecular flexibility index (Phi) is 8.80. The second-order valence-electron chi connectivity index (χ2n) is 4.50. The Morgan fingerprint density at radius 2 is 1.86 bits per heavy atom. The van der Waals surface area contributed by atoms with Crippen LogP contribution in [0.4, 0.5) is 0 Å². The highest BCUT2D eigenvalue weighted by Crippen LogP contribution is 2.17. The van der Waals surface area contributed by atoms with Crippen molar-refractivity contribution >= 4 is 11.8 Å². The third kappa shape index (κ3) is 7.69. The molecular formula is C12H27NS. The molecule has 0 saturated heterocycles. The Morgan fingerprint density at radius 1 is 1.21 bits per heavy atom. The summed E-state index contributed by atoms with van der Waals surface area (Å²) in [6.07, 6.45) is 4.00. The van der Waals surface area contributed by atoms with Crippen molar-refractivity contribution in [2.75, 3.05) is 12.8 Å². The molecule has 0 aromatic rings. The van der Waals surface area contributed by atoms with Crippen molar-refractivity contribution in [3.63, 3.8) is 0 Å². The number of nitrogens with one attached hydrogen (secondary N) is 1. The van der Waals surface area contributed by atoms with E-state index >= 15 is 0 Å². The molecule has 0 aliphatic rings. The first-order valence-electron chi connectivity index (χ1n) is 5.89. The lowest BCUT2D eigenvalue weighted by Gasteiger charge is -2.20. The minimum Gasteiger partial charge on any atom is -0.316 e. The zero-order valence-corrected chi connectivity index (χ0v) is 11.3. The summed E-state index contributed by atoms with van der Waals surface area (Å²) in [5, 5.41) is 4.18. The summed E-state index contributed by atoms with van der Waals surface area (Å²) in [6, 6.07) is 0.698. The SMILES string of the molecule is CCCC(C)CC(CSC(C)C)NC. The van der Waals surface area contributed by atoms with Gasteiger partial charge in [0.2, 0.25) is 0 Å². The lowest BCUT2D eigenvalue weighted by molar-refractivity contribution is 0.420. The van der Waals surface area contributed by atoms with Gasteiger partial charge in [0.15, 0.2) is 0 Å². The molecule has 0 saturated carbocycles. The quantitative estimate of drug-likeness (QED) is 0.667. The van der Waals surface area contributed by atoms with Crippen LogP contribution in [0.1, 0.15) is 47.0 Å². The van der Waals surface area contributed by atoms with Crippen LogP contribution < -0.4 is 5.32 Å². The highest BCUT2D eigenvalue weighted by atomic mass is 32.2. The van der Waals surface area contributed by atoms with Gasteiger partial charge < -0.3 is 5.32 Å². The van der Waals surface area contributed by atoms with Crippen LogP contribution in [0.3, 0.4) is 0 Å². The fourth-order valence-corrected chi connectivity index (χ4v) is 2.59. The van der Waals surface area contributed by atoms with Crippen LogP contribution in [0.15, 0.2) is 0 Å². The van der Waals surface area contributed by atoms with Crippen molar-refractivity contribution in [2.24, 2.45) is 5.92 Å². The predicted octanol–water partition coefficient (Wildman–Crippen LogP) is 3.54. The van der Waals surface area contributed by atoms with Gasteiger partial charge in [-0.3, -0.25) is 0 Å². The van der Waals surface area contributed by atoms with Gasteiger partial charge in [0.1, 0.15) is 0 Å². The molecule has 1 nitrogen and oxygen atoms in total. The minimum atomic E-state index is 0.698. The molecular weight excluding hydrogens is 190 g/mol. The van der Waals surface area contributed by atoms with E-state index in [1.807, 2.05) is 0 Å². The van der Waals surface area contributed by atoms with Gasteiger partial charge in [-0.1, -0.05) is 40.5 Å². The summed E-state index contributed by atoms with van der Waals surface area (Å²) in [5.74, 6) is 2.12. The van der Waals surface area contributed by atoms with Crippen LogP contribution in [-0.2, 0) is 0 Å². The maximum absolute atomic E-state index is 3.43. The highest BCUT2D eigenvalue weighted by molar-refractivity contribution is 7.99. The van der Waals surface area contributed by atoms with Crippen molar-refractivity contribution in [1.82, 2.24) is 5.32 Å². The average Bonchev–Trinajstić information content (AvgIpc) is 2.12. The molecule has 0 bridgehead atoms. The topological polar surface area (TPSA) is 12.0 Å². The van der Waals surface area contributed by atoms with Crippen LogP contribution in [0, 0.1) is 5.92 Å². The first-order chi connectivity index (χ1) is 6.60. The molecule has 2 unspecified atom stereocenters. The van der Waals surface area contributed by atoms with E-state index in [0.29, 0.717) is 6.04 Å². The van der Waals surface area contributed by atoms with Gasteiger partial charge >= 0.3 is 0 Å². The van der Waals surface area contributed by atoms with Gasteiger partial charge in [-0.15, -0.1) is 0 Å². The fraction of sp³-hybridized carbons (Fsp3) is 1.00. The van der Waals surface area contributed by atoms with Crippen LogP contribution in [0.5, 0.6) is 0 Å². The zero-order chi connectivity index (χ0) is 11.0. The third-order valence-electron chi connectivity index (χ3n) is 2.51. The van der Waals surface area contributed by atoms with Crippen LogP contribution in [0.25, 0.3) is 0 Å². The molecule has 1 N–H and O–H groups in total. The maximum Gasteiger partial charge on any atom is 0.0157 e. The molecule has 0 spiro atoms. The second-order valence-corrected chi connectivity index (χ2v) is 6.11. The Balaban J connectivity index is 3.66. The molecule has 14 heavy (non-hydrogen) atoms. The van der Waals surface area contributed by atoms with E-state index in [2.05, 4.69) is 51.8 Å². The van der Waals surface area contributed by atoms with Crippen molar-refractivity contribution < 1.29 is 0 Å². The molecule has 0 rings (SSSR count). The smallest absolute Gasteiger partial charge is 0.0157 e. The van der Waals surface area contributed by atoms with E-state index in [-0.39, 0.29) is 0 Å². The largest absolute Gasteiger partial charge is 0.316 e. The summed E-state index contributed by atoms with van der Waals surface area (Å²) < 4.78 is 0. The Hall–Kier alpha value is 0.310. The molecule has 0 aromatic heterocycles. The fourth-order valence-electron chi connectivity index (χ4n) is 1.67. The van der Waals surface area contributed by atoms with Gasteiger partial charge in [0.05, 0.1) is 0 Å². The molecule has 0 heterocycles. The minimum absolute atomic E-state index is 0.698. The van der Waals surface area contributed by atoms with Crippen molar-refractivity contribution in [3.05, 3.63) is 0 Å². The zero-order valence-electron chi connectivity index (χ0n) is 10.5. The number of rotatable bonds is 8. The predicted molar refractivity (Wildman–Crippen MR) is 69.1 cm³/mol. The number of hydrogen-bond acceptors (Lipinski definition) is 2. The van der Waals surface area contributed by atoms with Crippen molar-refractivity contribution in [3.8, 4) is 0 Å².